The molecule has 0 amide bonds. The number of nitrogens with one attached hydrogen (secondary N) is 1. The van der Waals surface area contributed by atoms with Crippen LogP contribution in [0.4, 0.5) is 4.39 Å². The van der Waals surface area contributed by atoms with Crippen LogP contribution in [0.25, 0.3) is 11.4 Å². The number of esters is 1. The molecular formula is C24H19ClFN3O2. The molecule has 2 aliphatic rings. The van der Waals surface area contributed by atoms with Crippen molar-refractivity contribution in [2.75, 3.05) is 7.11 Å². The third kappa shape index (κ3) is 4.52. The van der Waals surface area contributed by atoms with E-state index in [-0.39, 0.29) is 22.3 Å². The fourth-order valence-corrected chi connectivity index (χ4v) is 3.72. The fraction of sp³-hybridized carbons (Fsp3) is 0.208. The number of hydrogen-bond donors (Lipinski definition) is 1. The lowest BCUT2D eigenvalue weighted by molar-refractivity contribution is -0.144. The lowest BCUT2D eigenvalue weighted by atomic mass is 9.88. The number of rotatable bonds is 3. The summed E-state index contributed by atoms with van der Waals surface area (Å²) in [6.07, 6.45) is 13.8. The van der Waals surface area contributed by atoms with E-state index in [0.29, 0.717) is 11.4 Å². The average molecular weight is 436 g/mol. The van der Waals surface area contributed by atoms with Crippen molar-refractivity contribution in [3.63, 3.8) is 0 Å². The Morgan fingerprint density at radius 2 is 2.23 bits per heavy atom. The molecule has 2 heterocycles. The number of carbonyl (C=O) groups is 1. The maximum absolute atomic E-state index is 14.3. The zero-order valence-electron chi connectivity index (χ0n) is 16.7. The van der Waals surface area contributed by atoms with Crippen molar-refractivity contribution in [3.8, 4) is 23.2 Å². The van der Waals surface area contributed by atoms with Gasteiger partial charge in [-0.2, -0.15) is 0 Å². The van der Waals surface area contributed by atoms with Crippen LogP contribution in [0.15, 0.2) is 65.5 Å². The zero-order chi connectivity index (χ0) is 21.8. The molecule has 1 aromatic heterocycles. The lowest BCUT2D eigenvalue weighted by Gasteiger charge is -2.20. The molecule has 3 unspecified atom stereocenters. The van der Waals surface area contributed by atoms with Crippen LogP contribution in [0.2, 0.25) is 5.02 Å². The molecule has 2 aromatic rings. The van der Waals surface area contributed by atoms with Gasteiger partial charge in [0.15, 0.2) is 0 Å². The number of carbonyl (C=O) groups excluding carboxylic acids is 1. The highest BCUT2D eigenvalue weighted by Gasteiger charge is 2.32. The lowest BCUT2D eigenvalue weighted by Crippen LogP contribution is -2.25. The number of aromatic nitrogens is 2. The van der Waals surface area contributed by atoms with Crippen LogP contribution in [-0.2, 0) is 9.53 Å². The van der Waals surface area contributed by atoms with Gasteiger partial charge in [-0.3, -0.25) is 9.79 Å². The van der Waals surface area contributed by atoms with E-state index in [0.717, 1.165) is 6.42 Å². The summed E-state index contributed by atoms with van der Waals surface area (Å²) in [6, 6.07) is 4.43. The number of halogens is 2. The normalized spacial score (nSPS) is 21.9. The number of aliphatic imine (C=N–C) groups is 1. The third-order valence-corrected chi connectivity index (χ3v) is 5.39. The van der Waals surface area contributed by atoms with Crippen LogP contribution in [0.3, 0.4) is 0 Å². The minimum absolute atomic E-state index is 0.120. The molecule has 1 aliphatic carbocycles. The minimum atomic E-state index is -0.652. The van der Waals surface area contributed by atoms with Crippen LogP contribution in [0, 0.1) is 29.5 Å². The number of hydrogen-bond acceptors (Lipinski definition) is 4. The van der Waals surface area contributed by atoms with E-state index < -0.39 is 23.6 Å². The molecule has 0 fully saturated rings. The van der Waals surface area contributed by atoms with Gasteiger partial charge in [-0.1, -0.05) is 47.9 Å². The van der Waals surface area contributed by atoms with Gasteiger partial charge < -0.3 is 9.72 Å². The van der Waals surface area contributed by atoms with Crippen LogP contribution in [-0.4, -0.2) is 29.3 Å². The maximum atomic E-state index is 14.3. The molecule has 0 bridgehead atoms. The number of allylic oxidation sites excluding steroid dienone is 5. The molecule has 3 atom stereocenters. The van der Waals surface area contributed by atoms with Crippen molar-refractivity contribution in [1.82, 2.24) is 9.97 Å². The summed E-state index contributed by atoms with van der Waals surface area (Å²) in [5.41, 5.74) is 1.20. The van der Waals surface area contributed by atoms with Crippen LogP contribution < -0.4 is 0 Å². The molecule has 1 aromatic carbocycles. The largest absolute Gasteiger partial charge is 0.469 e. The van der Waals surface area contributed by atoms with Gasteiger partial charge in [0.1, 0.15) is 17.3 Å². The predicted octanol–water partition coefficient (Wildman–Crippen LogP) is 4.85. The summed E-state index contributed by atoms with van der Waals surface area (Å²) < 4.78 is 19.2. The van der Waals surface area contributed by atoms with Crippen molar-refractivity contribution in [3.05, 3.63) is 77.0 Å². The molecule has 156 valence electrons. The van der Waals surface area contributed by atoms with Gasteiger partial charge >= 0.3 is 5.97 Å². The van der Waals surface area contributed by atoms with Gasteiger partial charge in [0.2, 0.25) is 0 Å². The van der Waals surface area contributed by atoms with Crippen molar-refractivity contribution < 1.29 is 13.9 Å². The van der Waals surface area contributed by atoms with Gasteiger partial charge in [0.25, 0.3) is 0 Å². The molecule has 0 radical (unpaired) electrons. The molecule has 1 aliphatic heterocycles. The number of benzene rings is 1. The second-order valence-electron chi connectivity index (χ2n) is 7.10. The van der Waals surface area contributed by atoms with E-state index in [1.165, 1.54) is 19.2 Å². The van der Waals surface area contributed by atoms with Crippen molar-refractivity contribution in [1.29, 1.82) is 0 Å². The molecule has 1 N–H and O–H groups in total. The Balaban J connectivity index is 1.61. The Morgan fingerprint density at radius 3 is 2.97 bits per heavy atom. The number of nitrogens with zero attached hydrogens (tertiary/aromatic N) is 2. The third-order valence-electron chi connectivity index (χ3n) is 5.08. The van der Waals surface area contributed by atoms with Gasteiger partial charge in [-0.25, -0.2) is 9.37 Å². The summed E-state index contributed by atoms with van der Waals surface area (Å²) in [5.74, 6) is 4.56. The Kier molecular flexibility index (Phi) is 6.15. The summed E-state index contributed by atoms with van der Waals surface area (Å²) in [7, 11) is 1.33. The SMILES string of the molecule is COC(=O)C1C=C(C#CC2C=CC=CC2)N=CC1c1c[nH]c(-c2c(F)cccc2Cl)n1. The topological polar surface area (TPSA) is 67.3 Å². The maximum Gasteiger partial charge on any atom is 0.313 e. The van der Waals surface area contributed by atoms with Crippen molar-refractivity contribution in [2.24, 2.45) is 16.8 Å². The monoisotopic (exact) mass is 435 g/mol. The average Bonchev–Trinajstić information content (AvgIpc) is 3.27. The molecule has 4 rings (SSSR count). The quantitative estimate of drug-likeness (QED) is 0.553. The summed E-state index contributed by atoms with van der Waals surface area (Å²) in [5, 5.41) is 0.242. The number of aromatic amines is 1. The van der Waals surface area contributed by atoms with Crippen LogP contribution >= 0.6 is 11.6 Å². The number of ether oxygens (including phenoxy) is 1. The van der Waals surface area contributed by atoms with E-state index in [1.54, 1.807) is 24.6 Å². The summed E-state index contributed by atoms with van der Waals surface area (Å²) in [6.45, 7) is 0. The van der Waals surface area contributed by atoms with E-state index >= 15 is 0 Å². The van der Waals surface area contributed by atoms with Crippen molar-refractivity contribution >= 4 is 23.8 Å². The zero-order valence-corrected chi connectivity index (χ0v) is 17.4. The minimum Gasteiger partial charge on any atom is -0.469 e. The smallest absolute Gasteiger partial charge is 0.313 e. The molecule has 0 saturated carbocycles. The molecule has 0 spiro atoms. The van der Waals surface area contributed by atoms with E-state index in [4.69, 9.17) is 16.3 Å². The highest BCUT2D eigenvalue weighted by atomic mass is 35.5. The Morgan fingerprint density at radius 1 is 1.35 bits per heavy atom. The van der Waals surface area contributed by atoms with Gasteiger partial charge in [0.05, 0.1) is 35.2 Å². The van der Waals surface area contributed by atoms with Gasteiger partial charge in [-0.15, -0.1) is 0 Å². The number of imidazole rings is 1. The first-order chi connectivity index (χ1) is 15.1. The van der Waals surface area contributed by atoms with Crippen LogP contribution in [0.1, 0.15) is 18.0 Å². The summed E-state index contributed by atoms with van der Waals surface area (Å²) >= 11 is 6.14. The summed E-state index contributed by atoms with van der Waals surface area (Å²) in [4.78, 5) is 24.3. The highest BCUT2D eigenvalue weighted by Crippen LogP contribution is 2.33. The molecule has 7 heteroatoms. The molecule has 0 saturated heterocycles. The molecular weight excluding hydrogens is 417 g/mol. The fourth-order valence-electron chi connectivity index (χ4n) is 3.47. The second-order valence-corrected chi connectivity index (χ2v) is 7.51. The molecule has 31 heavy (non-hydrogen) atoms. The first kappa shape index (κ1) is 20.8. The highest BCUT2D eigenvalue weighted by molar-refractivity contribution is 6.33. The first-order valence-corrected chi connectivity index (χ1v) is 10.1. The van der Waals surface area contributed by atoms with E-state index in [2.05, 4.69) is 32.9 Å². The Hall–Kier alpha value is -3.43. The Bertz CT molecular complexity index is 1160. The van der Waals surface area contributed by atoms with E-state index in [1.807, 2.05) is 18.2 Å². The standard InChI is InChI=1S/C24H19ClFN3O2/c1-31-24(30)17-12-16(11-10-15-6-3-2-4-7-15)27-13-18(17)21-14-28-23(29-21)22-19(25)8-5-9-20(22)26/h2-6,8-9,12-15,17-18H,7H2,1H3,(H,28,29). The van der Waals surface area contributed by atoms with Gasteiger partial charge in [-0.05, 0) is 30.6 Å². The van der Waals surface area contributed by atoms with E-state index in [9.17, 15) is 9.18 Å². The Labute approximate surface area is 184 Å². The second kappa shape index (κ2) is 9.15. The number of H-pyrrole nitrogens is 1. The van der Waals surface area contributed by atoms with Crippen molar-refractivity contribution in [2.45, 2.75) is 12.3 Å². The predicted molar refractivity (Wildman–Crippen MR) is 118 cm³/mol. The number of methoxy groups -OCH3 is 1. The molecule has 5 nitrogen and oxygen atoms in total. The first-order valence-electron chi connectivity index (χ1n) is 9.75. The van der Waals surface area contributed by atoms with Gasteiger partial charge in [0, 0.05) is 18.3 Å². The van der Waals surface area contributed by atoms with Crippen LogP contribution in [0.5, 0.6) is 0 Å².